The fourth-order valence-corrected chi connectivity index (χ4v) is 4.52. The van der Waals surface area contributed by atoms with Crippen LogP contribution in [0.4, 0.5) is 0 Å². The molecule has 20 heavy (non-hydrogen) atoms. The minimum absolute atomic E-state index is 0.524. The van der Waals surface area contributed by atoms with E-state index < -0.39 is 0 Å². The van der Waals surface area contributed by atoms with Gasteiger partial charge in [0.25, 0.3) is 0 Å². The lowest BCUT2D eigenvalue weighted by Crippen LogP contribution is -2.47. The van der Waals surface area contributed by atoms with Crippen molar-refractivity contribution >= 4 is 27.3 Å². The van der Waals surface area contributed by atoms with Crippen molar-refractivity contribution in [1.82, 2.24) is 19.7 Å². The first-order valence-corrected chi connectivity index (χ1v) is 8.78. The Kier molecular flexibility index (Phi) is 3.40. The van der Waals surface area contributed by atoms with Gasteiger partial charge in [0.15, 0.2) is 0 Å². The summed E-state index contributed by atoms with van der Waals surface area (Å²) < 4.78 is 3.12. The summed E-state index contributed by atoms with van der Waals surface area (Å²) >= 11 is 5.38. The molecule has 1 saturated heterocycles. The molecule has 4 nitrogen and oxygen atoms in total. The molecule has 0 bridgehead atoms. The molecule has 0 saturated carbocycles. The van der Waals surface area contributed by atoms with Crippen molar-refractivity contribution in [3.8, 4) is 0 Å². The van der Waals surface area contributed by atoms with Gasteiger partial charge in [-0.3, -0.25) is 9.58 Å². The Labute approximate surface area is 130 Å². The molecule has 0 spiro atoms. The van der Waals surface area contributed by atoms with Crippen LogP contribution in [0.2, 0.25) is 0 Å². The maximum Gasteiger partial charge on any atom is 0.107 e. The van der Waals surface area contributed by atoms with Crippen molar-refractivity contribution < 1.29 is 0 Å². The fourth-order valence-electron chi connectivity index (χ4n) is 3.02. The van der Waals surface area contributed by atoms with Crippen LogP contribution in [0, 0.1) is 0 Å². The maximum atomic E-state index is 4.82. The topological polar surface area (TPSA) is 34.0 Å². The van der Waals surface area contributed by atoms with Crippen molar-refractivity contribution in [3.05, 3.63) is 32.4 Å². The smallest absolute Gasteiger partial charge is 0.107 e. The van der Waals surface area contributed by atoms with Crippen LogP contribution < -0.4 is 0 Å². The maximum absolute atomic E-state index is 4.82. The monoisotopic (exact) mass is 352 g/mol. The highest BCUT2D eigenvalue weighted by Crippen LogP contribution is 2.29. The van der Waals surface area contributed by atoms with E-state index in [0.29, 0.717) is 6.04 Å². The first kappa shape index (κ1) is 13.0. The summed E-state index contributed by atoms with van der Waals surface area (Å²) in [5.74, 6) is 0. The largest absolute Gasteiger partial charge is 0.292 e. The Hall–Kier alpha value is -0.720. The third kappa shape index (κ3) is 2.44. The van der Waals surface area contributed by atoms with Crippen molar-refractivity contribution in [2.24, 2.45) is 0 Å². The van der Waals surface area contributed by atoms with Crippen molar-refractivity contribution in [1.29, 1.82) is 0 Å². The molecule has 0 radical (unpaired) electrons. The van der Waals surface area contributed by atoms with Crippen LogP contribution in [-0.4, -0.2) is 32.8 Å². The molecular weight excluding hydrogens is 336 g/mol. The lowest BCUT2D eigenvalue weighted by atomic mass is 10.0. The number of hydrogen-bond acceptors (Lipinski definition) is 4. The second-order valence-corrected chi connectivity index (χ2v) is 7.75. The number of rotatable bonds is 3. The van der Waals surface area contributed by atoms with Crippen LogP contribution in [0.25, 0.3) is 0 Å². The van der Waals surface area contributed by atoms with Crippen molar-refractivity contribution in [2.75, 3.05) is 13.1 Å². The Bertz CT molecular complexity index is 591. The molecule has 6 heteroatoms. The average molecular weight is 353 g/mol. The molecular formula is C14H17BrN4S. The minimum Gasteiger partial charge on any atom is -0.292 e. The summed E-state index contributed by atoms with van der Waals surface area (Å²) in [7, 11) is 0. The van der Waals surface area contributed by atoms with E-state index in [0.717, 1.165) is 24.1 Å². The lowest BCUT2D eigenvalue weighted by Gasteiger charge is -2.38. The van der Waals surface area contributed by atoms with Crippen LogP contribution in [0.15, 0.2) is 16.9 Å². The molecule has 0 amide bonds. The van der Waals surface area contributed by atoms with Crippen LogP contribution in [0.1, 0.15) is 34.5 Å². The average Bonchev–Trinajstić information content (AvgIpc) is 2.98. The van der Waals surface area contributed by atoms with Gasteiger partial charge in [0.1, 0.15) is 5.01 Å². The molecule has 1 aliphatic carbocycles. The van der Waals surface area contributed by atoms with E-state index in [2.05, 4.69) is 36.8 Å². The number of likely N-dealkylation sites (tertiary alicyclic amines) is 1. The number of aromatic nitrogens is 3. The third-order valence-corrected chi connectivity index (χ3v) is 5.68. The molecule has 3 heterocycles. The number of aryl methyl sites for hydroxylation is 2. The van der Waals surface area contributed by atoms with E-state index in [1.165, 1.54) is 36.4 Å². The van der Waals surface area contributed by atoms with E-state index >= 15 is 0 Å². The molecule has 1 fully saturated rings. The van der Waals surface area contributed by atoms with Crippen LogP contribution >= 0.6 is 27.3 Å². The van der Waals surface area contributed by atoms with Crippen LogP contribution in [0.3, 0.4) is 0 Å². The zero-order valence-electron chi connectivity index (χ0n) is 11.3. The van der Waals surface area contributed by atoms with Crippen LogP contribution in [-0.2, 0) is 19.4 Å². The van der Waals surface area contributed by atoms with Gasteiger partial charge in [-0.15, -0.1) is 11.3 Å². The Morgan fingerprint density at radius 3 is 2.90 bits per heavy atom. The molecule has 0 unspecified atom stereocenters. The van der Waals surface area contributed by atoms with Crippen molar-refractivity contribution in [3.63, 3.8) is 0 Å². The molecule has 1 aliphatic heterocycles. The number of nitrogens with zero attached hydrogens (tertiary/aromatic N) is 4. The van der Waals surface area contributed by atoms with E-state index in [-0.39, 0.29) is 0 Å². The standard InChI is InChI=1S/C14H17BrN4S/c15-10-5-16-19(6-10)11-7-18(8-11)9-14-17-12-3-1-2-4-13(12)20-14/h5-6,11H,1-4,7-9H2. The van der Waals surface area contributed by atoms with Gasteiger partial charge in [-0.2, -0.15) is 5.10 Å². The number of hydrogen-bond donors (Lipinski definition) is 0. The molecule has 0 atom stereocenters. The van der Waals surface area contributed by atoms with E-state index in [1.54, 1.807) is 4.88 Å². The zero-order chi connectivity index (χ0) is 13.5. The predicted molar refractivity (Wildman–Crippen MR) is 83.0 cm³/mol. The second kappa shape index (κ2) is 5.24. The quantitative estimate of drug-likeness (QED) is 0.851. The number of halogens is 1. The van der Waals surface area contributed by atoms with Gasteiger partial charge in [-0.05, 0) is 41.6 Å². The molecule has 106 valence electrons. The van der Waals surface area contributed by atoms with Gasteiger partial charge < -0.3 is 0 Å². The number of fused-ring (bicyclic) bond motifs is 1. The molecule has 2 aliphatic rings. The SMILES string of the molecule is Brc1cnn(C2CN(Cc3nc4c(s3)CCCC4)C2)c1. The summed E-state index contributed by atoms with van der Waals surface area (Å²) in [6.45, 7) is 3.17. The van der Waals surface area contributed by atoms with E-state index in [1.807, 2.05) is 17.5 Å². The first-order chi connectivity index (χ1) is 9.78. The summed E-state index contributed by atoms with van der Waals surface area (Å²) in [6, 6.07) is 0.524. The van der Waals surface area contributed by atoms with Gasteiger partial charge in [0, 0.05) is 24.2 Å². The molecule has 0 N–H and O–H groups in total. The Morgan fingerprint density at radius 1 is 1.30 bits per heavy atom. The van der Waals surface area contributed by atoms with Gasteiger partial charge in [-0.25, -0.2) is 4.98 Å². The summed E-state index contributed by atoms with van der Waals surface area (Å²) in [5, 5.41) is 5.67. The minimum atomic E-state index is 0.524. The highest BCUT2D eigenvalue weighted by molar-refractivity contribution is 9.10. The van der Waals surface area contributed by atoms with Gasteiger partial charge in [0.05, 0.1) is 29.0 Å². The molecule has 2 aromatic rings. The highest BCUT2D eigenvalue weighted by Gasteiger charge is 2.29. The predicted octanol–water partition coefficient (Wildman–Crippen LogP) is 3.04. The molecule has 0 aromatic carbocycles. The van der Waals surface area contributed by atoms with Crippen LogP contribution in [0.5, 0.6) is 0 Å². The highest BCUT2D eigenvalue weighted by atomic mass is 79.9. The third-order valence-electron chi connectivity index (χ3n) is 4.13. The summed E-state index contributed by atoms with van der Waals surface area (Å²) in [6.07, 6.45) is 9.01. The van der Waals surface area contributed by atoms with Crippen molar-refractivity contribution in [2.45, 2.75) is 38.3 Å². The lowest BCUT2D eigenvalue weighted by molar-refractivity contribution is 0.0907. The van der Waals surface area contributed by atoms with Gasteiger partial charge >= 0.3 is 0 Å². The molecule has 2 aromatic heterocycles. The second-order valence-electron chi connectivity index (χ2n) is 5.67. The Morgan fingerprint density at radius 2 is 2.15 bits per heavy atom. The van der Waals surface area contributed by atoms with E-state index in [9.17, 15) is 0 Å². The Balaban J connectivity index is 1.36. The van der Waals surface area contributed by atoms with E-state index in [4.69, 9.17) is 4.98 Å². The van der Waals surface area contributed by atoms with Gasteiger partial charge in [-0.1, -0.05) is 0 Å². The fraction of sp³-hybridized carbons (Fsp3) is 0.571. The molecule has 4 rings (SSSR count). The normalized spacial score (nSPS) is 19.9. The number of thiazole rings is 1. The zero-order valence-corrected chi connectivity index (χ0v) is 13.7. The summed E-state index contributed by atoms with van der Waals surface area (Å²) in [4.78, 5) is 8.83. The summed E-state index contributed by atoms with van der Waals surface area (Å²) in [5.41, 5.74) is 1.38. The first-order valence-electron chi connectivity index (χ1n) is 7.17. The van der Waals surface area contributed by atoms with Gasteiger partial charge in [0.2, 0.25) is 0 Å².